The van der Waals surface area contributed by atoms with Gasteiger partial charge in [0, 0.05) is 15.7 Å². The summed E-state index contributed by atoms with van der Waals surface area (Å²) in [6.45, 7) is 0. The average molecular weight is 307 g/mol. The van der Waals surface area contributed by atoms with E-state index in [0.717, 1.165) is 11.3 Å². The molecule has 0 bridgehead atoms. The average Bonchev–Trinajstić information content (AvgIpc) is 2.46. The molecule has 1 aliphatic heterocycles. The van der Waals surface area contributed by atoms with Crippen molar-refractivity contribution in [1.82, 2.24) is 0 Å². The maximum atomic E-state index is 12.0. The van der Waals surface area contributed by atoms with E-state index in [9.17, 15) is 4.79 Å². The lowest BCUT2D eigenvalue weighted by molar-refractivity contribution is -0.126. The van der Waals surface area contributed by atoms with Gasteiger partial charge in [0.1, 0.15) is 6.04 Å². The van der Waals surface area contributed by atoms with Gasteiger partial charge in [0.25, 0.3) is 0 Å². The van der Waals surface area contributed by atoms with Crippen LogP contribution in [0.2, 0.25) is 10.0 Å². The van der Waals surface area contributed by atoms with Crippen LogP contribution in [0.25, 0.3) is 0 Å². The van der Waals surface area contributed by atoms with E-state index in [1.165, 1.54) is 0 Å². The molecular formula is C15H12Cl2N2O. The van der Waals surface area contributed by atoms with Crippen molar-refractivity contribution in [3.05, 3.63) is 64.1 Å². The first-order valence-electron chi connectivity index (χ1n) is 6.17. The molecular weight excluding hydrogens is 295 g/mol. The first kappa shape index (κ1) is 13.4. The van der Waals surface area contributed by atoms with Crippen LogP contribution >= 0.6 is 23.2 Å². The van der Waals surface area contributed by atoms with Gasteiger partial charge in [-0.1, -0.05) is 35.3 Å². The zero-order chi connectivity index (χ0) is 14.3. The first-order valence-corrected chi connectivity index (χ1v) is 6.93. The van der Waals surface area contributed by atoms with Gasteiger partial charge in [0.05, 0.1) is 6.04 Å². The van der Waals surface area contributed by atoms with Gasteiger partial charge in [-0.05, 0) is 42.0 Å². The van der Waals surface area contributed by atoms with Crippen LogP contribution in [0.5, 0.6) is 0 Å². The highest BCUT2D eigenvalue weighted by Gasteiger charge is 2.46. The van der Waals surface area contributed by atoms with Crippen molar-refractivity contribution in [3.8, 4) is 0 Å². The second-order valence-electron chi connectivity index (χ2n) is 4.71. The van der Waals surface area contributed by atoms with Gasteiger partial charge in [-0.25, -0.2) is 0 Å². The molecule has 2 atom stereocenters. The van der Waals surface area contributed by atoms with Crippen molar-refractivity contribution >= 4 is 34.8 Å². The highest BCUT2D eigenvalue weighted by atomic mass is 35.5. The fraction of sp³-hybridized carbons (Fsp3) is 0.133. The summed E-state index contributed by atoms with van der Waals surface area (Å²) < 4.78 is 0. The van der Waals surface area contributed by atoms with Gasteiger partial charge in [-0.3, -0.25) is 4.79 Å². The van der Waals surface area contributed by atoms with E-state index in [2.05, 4.69) is 0 Å². The van der Waals surface area contributed by atoms with Crippen LogP contribution in [0.3, 0.4) is 0 Å². The Bertz CT molecular complexity index is 640. The van der Waals surface area contributed by atoms with Crippen molar-refractivity contribution in [2.75, 3.05) is 4.90 Å². The second kappa shape index (κ2) is 5.09. The van der Waals surface area contributed by atoms with E-state index >= 15 is 0 Å². The number of nitrogens with two attached hydrogens (primary N) is 1. The Balaban J connectivity index is 1.95. The predicted octanol–water partition coefficient (Wildman–Crippen LogP) is 3.41. The normalized spacial score (nSPS) is 21.8. The topological polar surface area (TPSA) is 46.3 Å². The minimum absolute atomic E-state index is 0.0905. The van der Waals surface area contributed by atoms with Gasteiger partial charge >= 0.3 is 0 Å². The fourth-order valence-corrected chi connectivity index (χ4v) is 2.67. The number of hydrogen-bond acceptors (Lipinski definition) is 2. The lowest BCUT2D eigenvalue weighted by Crippen LogP contribution is -2.63. The number of halogens is 2. The maximum absolute atomic E-state index is 12.0. The second-order valence-corrected chi connectivity index (χ2v) is 5.58. The summed E-state index contributed by atoms with van der Waals surface area (Å²) in [5.74, 6) is -0.0905. The largest absolute Gasteiger partial charge is 0.318 e. The highest BCUT2D eigenvalue weighted by Crippen LogP contribution is 2.38. The van der Waals surface area contributed by atoms with E-state index in [1.54, 1.807) is 29.2 Å². The number of amides is 1. The maximum Gasteiger partial charge on any atom is 0.247 e. The molecule has 5 heteroatoms. The Morgan fingerprint density at radius 1 is 0.900 bits per heavy atom. The Hall–Kier alpha value is -1.55. The minimum Gasteiger partial charge on any atom is -0.318 e. The fourth-order valence-electron chi connectivity index (χ4n) is 2.42. The van der Waals surface area contributed by atoms with Gasteiger partial charge < -0.3 is 10.6 Å². The van der Waals surface area contributed by atoms with Crippen LogP contribution in [0, 0.1) is 0 Å². The number of hydrogen-bond donors (Lipinski definition) is 1. The third-order valence-corrected chi connectivity index (χ3v) is 3.96. The standard InChI is InChI=1S/C15H12Cl2N2O/c16-10-3-1-9(2-4-10)14-13(18)15(20)19(14)12-7-5-11(17)6-8-12/h1-8,13-14H,18H2/t13-,14+/m1/s1. The van der Waals surface area contributed by atoms with E-state index in [4.69, 9.17) is 28.9 Å². The van der Waals surface area contributed by atoms with Crippen molar-refractivity contribution in [2.45, 2.75) is 12.1 Å². The van der Waals surface area contributed by atoms with Gasteiger partial charge in [0.2, 0.25) is 5.91 Å². The van der Waals surface area contributed by atoms with Gasteiger partial charge in [-0.15, -0.1) is 0 Å². The van der Waals surface area contributed by atoms with Crippen molar-refractivity contribution < 1.29 is 4.79 Å². The SMILES string of the molecule is N[C@H]1C(=O)N(c2ccc(Cl)cc2)[C@H]1c1ccc(Cl)cc1. The van der Waals surface area contributed by atoms with Crippen LogP contribution in [0.4, 0.5) is 5.69 Å². The molecule has 1 fully saturated rings. The smallest absolute Gasteiger partial charge is 0.247 e. The first-order chi connectivity index (χ1) is 9.58. The predicted molar refractivity (Wildman–Crippen MR) is 81.1 cm³/mol. The molecule has 3 rings (SSSR count). The van der Waals surface area contributed by atoms with E-state index in [1.807, 2.05) is 24.3 Å². The van der Waals surface area contributed by atoms with E-state index < -0.39 is 6.04 Å². The molecule has 0 aromatic heterocycles. The quantitative estimate of drug-likeness (QED) is 0.864. The molecule has 0 unspecified atom stereocenters. The lowest BCUT2D eigenvalue weighted by Gasteiger charge is -2.45. The number of β-lactam (4-membered cyclic amide) rings is 1. The zero-order valence-corrected chi connectivity index (χ0v) is 12.0. The van der Waals surface area contributed by atoms with Crippen molar-refractivity contribution in [3.63, 3.8) is 0 Å². The van der Waals surface area contributed by atoms with E-state index in [-0.39, 0.29) is 11.9 Å². The van der Waals surface area contributed by atoms with Crippen LogP contribution in [0.1, 0.15) is 11.6 Å². The van der Waals surface area contributed by atoms with Crippen molar-refractivity contribution in [1.29, 1.82) is 0 Å². The Morgan fingerprint density at radius 3 is 1.95 bits per heavy atom. The number of carbonyl (C=O) groups excluding carboxylic acids is 1. The van der Waals surface area contributed by atoms with Crippen LogP contribution < -0.4 is 10.6 Å². The highest BCUT2D eigenvalue weighted by molar-refractivity contribution is 6.31. The molecule has 1 aliphatic rings. The molecule has 1 heterocycles. The molecule has 2 N–H and O–H groups in total. The van der Waals surface area contributed by atoms with Crippen molar-refractivity contribution in [2.24, 2.45) is 5.73 Å². The molecule has 1 saturated heterocycles. The number of rotatable bonds is 2. The summed E-state index contributed by atoms with van der Waals surface area (Å²) in [6.07, 6.45) is 0. The Morgan fingerprint density at radius 2 is 1.40 bits per heavy atom. The van der Waals surface area contributed by atoms with Crippen LogP contribution in [-0.4, -0.2) is 11.9 Å². The minimum atomic E-state index is -0.521. The monoisotopic (exact) mass is 306 g/mol. The summed E-state index contributed by atoms with van der Waals surface area (Å²) in [4.78, 5) is 13.7. The number of nitrogens with zero attached hydrogens (tertiary/aromatic N) is 1. The molecule has 0 radical (unpaired) electrons. The lowest BCUT2D eigenvalue weighted by atomic mass is 9.88. The van der Waals surface area contributed by atoms with E-state index in [0.29, 0.717) is 10.0 Å². The van der Waals surface area contributed by atoms with Crippen LogP contribution in [0.15, 0.2) is 48.5 Å². The van der Waals surface area contributed by atoms with Gasteiger partial charge in [0.15, 0.2) is 0 Å². The third kappa shape index (κ3) is 2.18. The Kier molecular flexibility index (Phi) is 3.42. The molecule has 0 saturated carbocycles. The molecule has 102 valence electrons. The summed E-state index contributed by atoms with van der Waals surface area (Å²) in [6, 6.07) is 13.8. The summed E-state index contributed by atoms with van der Waals surface area (Å²) >= 11 is 11.8. The Labute approximate surface area is 126 Å². The molecule has 0 spiro atoms. The molecule has 2 aromatic carbocycles. The molecule has 1 amide bonds. The zero-order valence-electron chi connectivity index (χ0n) is 10.5. The molecule has 3 nitrogen and oxygen atoms in total. The molecule has 20 heavy (non-hydrogen) atoms. The molecule has 2 aromatic rings. The van der Waals surface area contributed by atoms with Crippen LogP contribution in [-0.2, 0) is 4.79 Å². The summed E-state index contributed by atoms with van der Waals surface area (Å²) in [7, 11) is 0. The number of anilines is 1. The summed E-state index contributed by atoms with van der Waals surface area (Å²) in [5, 5.41) is 1.29. The molecule has 0 aliphatic carbocycles. The number of carbonyl (C=O) groups is 1. The number of benzene rings is 2. The summed E-state index contributed by atoms with van der Waals surface area (Å²) in [5.41, 5.74) is 7.71. The van der Waals surface area contributed by atoms with Gasteiger partial charge in [-0.2, -0.15) is 0 Å². The third-order valence-electron chi connectivity index (χ3n) is 3.46.